The molecule has 0 aliphatic carbocycles. The zero-order chi connectivity index (χ0) is 27.1. The van der Waals surface area contributed by atoms with E-state index < -0.39 is 12.0 Å². The van der Waals surface area contributed by atoms with Gasteiger partial charge < -0.3 is 41.4 Å². The molecule has 7 N–H and O–H groups in total. The predicted octanol–water partition coefficient (Wildman–Crippen LogP) is 3.20. The number of carbonyl (C=O) groups is 1. The molecule has 1 heterocycles. The van der Waals surface area contributed by atoms with Crippen LogP contribution in [0.25, 0.3) is 10.9 Å². The van der Waals surface area contributed by atoms with Crippen LogP contribution in [0.1, 0.15) is 31.4 Å². The molecule has 3 aromatic rings. The fourth-order valence-corrected chi connectivity index (χ4v) is 4.13. The van der Waals surface area contributed by atoms with Crippen molar-refractivity contribution in [1.29, 1.82) is 0 Å². The van der Waals surface area contributed by atoms with Gasteiger partial charge in [-0.15, -0.1) is 0 Å². The Hall–Kier alpha value is -3.99. The van der Waals surface area contributed by atoms with E-state index in [2.05, 4.69) is 20.6 Å². The maximum Gasteiger partial charge on any atom is 0.320 e. The van der Waals surface area contributed by atoms with Gasteiger partial charge in [-0.1, -0.05) is 19.9 Å². The van der Waals surface area contributed by atoms with Gasteiger partial charge in [0.05, 0.1) is 19.7 Å². The van der Waals surface area contributed by atoms with Gasteiger partial charge in [-0.2, -0.15) is 4.98 Å². The van der Waals surface area contributed by atoms with Crippen LogP contribution in [0.2, 0.25) is 0 Å². The van der Waals surface area contributed by atoms with E-state index >= 15 is 0 Å². The van der Waals surface area contributed by atoms with E-state index in [-0.39, 0.29) is 18.5 Å². The Labute approximate surface area is 216 Å². The van der Waals surface area contributed by atoms with Crippen molar-refractivity contribution in [2.24, 2.45) is 5.92 Å². The number of nitrogen functional groups attached to an aromatic ring is 2. The Morgan fingerprint density at radius 2 is 1.78 bits per heavy atom. The van der Waals surface area contributed by atoms with Crippen molar-refractivity contribution in [3.05, 3.63) is 35.4 Å². The zero-order valence-electron chi connectivity index (χ0n) is 21.9. The lowest BCUT2D eigenvalue weighted by atomic mass is 10.0. The first-order valence-electron chi connectivity index (χ1n) is 12.0. The lowest BCUT2D eigenvalue weighted by molar-refractivity contribution is -0.139. The SMILES string of the molecule is COc1cc(NCc2ccc3nc(N)nc(N)c3c2C)cc(OC)c1OCCN[C@H](CC(C)C)C(=O)O. The Morgan fingerprint density at radius 1 is 1.11 bits per heavy atom. The molecule has 1 atom stereocenters. The summed E-state index contributed by atoms with van der Waals surface area (Å²) in [5.74, 6) is 1.30. The van der Waals surface area contributed by atoms with Gasteiger partial charge in [0.2, 0.25) is 11.7 Å². The first kappa shape index (κ1) is 27.6. The molecule has 11 heteroatoms. The maximum atomic E-state index is 11.4. The summed E-state index contributed by atoms with van der Waals surface area (Å²) < 4.78 is 17.0. The summed E-state index contributed by atoms with van der Waals surface area (Å²) in [6.45, 7) is 7.05. The van der Waals surface area contributed by atoms with Crippen molar-refractivity contribution >= 4 is 34.3 Å². The molecule has 3 rings (SSSR count). The number of aryl methyl sites for hydroxylation is 1. The average molecular weight is 513 g/mol. The molecule has 0 bridgehead atoms. The molecule has 2 aromatic carbocycles. The Morgan fingerprint density at radius 3 is 2.38 bits per heavy atom. The number of aliphatic carboxylic acids is 1. The topological polar surface area (TPSA) is 167 Å². The lowest BCUT2D eigenvalue weighted by Crippen LogP contribution is -2.39. The molecule has 11 nitrogen and oxygen atoms in total. The van der Waals surface area contributed by atoms with Crippen molar-refractivity contribution in [3.63, 3.8) is 0 Å². The highest BCUT2D eigenvalue weighted by molar-refractivity contribution is 5.92. The van der Waals surface area contributed by atoms with Crippen molar-refractivity contribution < 1.29 is 24.1 Å². The molecule has 0 spiro atoms. The summed E-state index contributed by atoms with van der Waals surface area (Å²) in [6.07, 6.45) is 0.534. The van der Waals surface area contributed by atoms with Crippen molar-refractivity contribution in [3.8, 4) is 17.2 Å². The second-order valence-corrected chi connectivity index (χ2v) is 9.10. The largest absolute Gasteiger partial charge is 0.493 e. The monoisotopic (exact) mass is 512 g/mol. The number of rotatable bonds is 13. The molecule has 0 radical (unpaired) electrons. The van der Waals surface area contributed by atoms with Gasteiger partial charge in [0, 0.05) is 36.3 Å². The van der Waals surface area contributed by atoms with Gasteiger partial charge in [-0.05, 0) is 36.5 Å². The minimum Gasteiger partial charge on any atom is -0.493 e. The summed E-state index contributed by atoms with van der Waals surface area (Å²) >= 11 is 0. The predicted molar refractivity (Wildman–Crippen MR) is 144 cm³/mol. The molecule has 1 aromatic heterocycles. The Balaban J connectivity index is 1.71. The van der Waals surface area contributed by atoms with Crippen LogP contribution in [0.5, 0.6) is 17.2 Å². The minimum atomic E-state index is -0.875. The van der Waals surface area contributed by atoms with Crippen molar-refractivity contribution in [2.75, 3.05) is 44.2 Å². The van der Waals surface area contributed by atoms with Gasteiger partial charge in [-0.25, -0.2) is 4.98 Å². The summed E-state index contributed by atoms with van der Waals surface area (Å²) in [5.41, 5.74) is 15.3. The van der Waals surface area contributed by atoms with Crippen LogP contribution in [0.4, 0.5) is 17.5 Å². The number of hydrogen-bond donors (Lipinski definition) is 5. The van der Waals surface area contributed by atoms with Crippen LogP contribution in [0, 0.1) is 12.8 Å². The molecular weight excluding hydrogens is 476 g/mol. The second kappa shape index (κ2) is 12.3. The van der Waals surface area contributed by atoms with Gasteiger partial charge in [0.25, 0.3) is 0 Å². The second-order valence-electron chi connectivity index (χ2n) is 9.10. The van der Waals surface area contributed by atoms with E-state index in [1.54, 1.807) is 14.2 Å². The summed E-state index contributed by atoms with van der Waals surface area (Å²) in [7, 11) is 3.10. The highest BCUT2D eigenvalue weighted by Crippen LogP contribution is 2.40. The number of nitrogens with zero attached hydrogens (tertiary/aromatic N) is 2. The number of nitrogens with one attached hydrogen (secondary N) is 2. The van der Waals surface area contributed by atoms with Crippen LogP contribution in [0.3, 0.4) is 0 Å². The number of hydrogen-bond acceptors (Lipinski definition) is 10. The molecular formula is C26H36N6O5. The van der Waals surface area contributed by atoms with Crippen LogP contribution in [0.15, 0.2) is 24.3 Å². The first-order valence-corrected chi connectivity index (χ1v) is 12.0. The third-order valence-corrected chi connectivity index (χ3v) is 5.97. The van der Waals surface area contributed by atoms with E-state index in [0.717, 1.165) is 22.2 Å². The molecule has 0 fully saturated rings. The molecule has 200 valence electrons. The molecule has 0 aliphatic rings. The Kier molecular flexibility index (Phi) is 9.18. The van der Waals surface area contributed by atoms with Crippen molar-refractivity contribution in [2.45, 2.75) is 39.8 Å². The van der Waals surface area contributed by atoms with Gasteiger partial charge in [0.1, 0.15) is 18.5 Å². The molecule has 0 amide bonds. The number of nitrogens with two attached hydrogens (primary N) is 2. The van der Waals surface area contributed by atoms with Gasteiger partial charge >= 0.3 is 5.97 Å². The first-order chi connectivity index (χ1) is 17.6. The van der Waals surface area contributed by atoms with E-state index in [1.807, 2.05) is 45.0 Å². The van der Waals surface area contributed by atoms with Crippen LogP contribution < -0.4 is 36.3 Å². The number of methoxy groups -OCH3 is 2. The molecule has 0 saturated carbocycles. The summed E-state index contributed by atoms with van der Waals surface area (Å²) in [6, 6.07) is 6.85. The molecule has 37 heavy (non-hydrogen) atoms. The fourth-order valence-electron chi connectivity index (χ4n) is 4.13. The number of ether oxygens (including phenoxy) is 3. The van der Waals surface area contributed by atoms with E-state index in [0.29, 0.717) is 48.1 Å². The maximum absolute atomic E-state index is 11.4. The van der Waals surface area contributed by atoms with Crippen LogP contribution in [-0.4, -0.2) is 54.5 Å². The van der Waals surface area contributed by atoms with Crippen LogP contribution in [-0.2, 0) is 11.3 Å². The standard InChI is InChI=1S/C26H36N6O5/c1-14(2)10-19(25(33)34)29-8-9-37-23-20(35-4)11-17(12-21(23)36-5)30-13-16-6-7-18-22(15(16)3)24(27)32-26(28)31-18/h6-7,11-12,14,19,29-30H,8-10,13H2,1-5H3,(H,33,34)(H4,27,28,31,32)/t19-/m1/s1. The highest BCUT2D eigenvalue weighted by atomic mass is 16.5. The zero-order valence-corrected chi connectivity index (χ0v) is 21.9. The van der Waals surface area contributed by atoms with Crippen molar-refractivity contribution in [1.82, 2.24) is 15.3 Å². The number of anilines is 3. The number of carboxylic acids is 1. The normalized spacial score (nSPS) is 11.9. The quantitative estimate of drug-likeness (QED) is 0.213. The summed E-state index contributed by atoms with van der Waals surface area (Å²) in [5, 5.41) is 16.6. The van der Waals surface area contributed by atoms with E-state index in [1.165, 1.54) is 0 Å². The van der Waals surface area contributed by atoms with E-state index in [9.17, 15) is 9.90 Å². The smallest absolute Gasteiger partial charge is 0.320 e. The highest BCUT2D eigenvalue weighted by Gasteiger charge is 2.19. The molecule has 0 unspecified atom stereocenters. The van der Waals surface area contributed by atoms with Gasteiger partial charge in [-0.3, -0.25) is 4.79 Å². The lowest BCUT2D eigenvalue weighted by Gasteiger charge is -2.19. The minimum absolute atomic E-state index is 0.143. The van der Waals surface area contributed by atoms with Crippen LogP contribution >= 0.6 is 0 Å². The Bertz CT molecular complexity index is 1220. The van der Waals surface area contributed by atoms with E-state index in [4.69, 9.17) is 25.7 Å². The fraction of sp³-hybridized carbons (Fsp3) is 0.423. The number of fused-ring (bicyclic) bond motifs is 1. The molecule has 0 aliphatic heterocycles. The van der Waals surface area contributed by atoms with Gasteiger partial charge in [0.15, 0.2) is 11.5 Å². The number of carboxylic acid groups (broad SMARTS) is 1. The summed E-state index contributed by atoms with van der Waals surface area (Å²) in [4.78, 5) is 19.8. The average Bonchev–Trinajstić information content (AvgIpc) is 2.84. The third-order valence-electron chi connectivity index (χ3n) is 5.97. The molecule has 0 saturated heterocycles. The number of benzene rings is 2. The third kappa shape index (κ3) is 6.82. The number of aromatic nitrogens is 2.